The van der Waals surface area contributed by atoms with Crippen molar-refractivity contribution in [3.63, 3.8) is 0 Å². The lowest BCUT2D eigenvalue weighted by Gasteiger charge is -2.26. The highest BCUT2D eigenvalue weighted by atomic mass is 35.5. The van der Waals surface area contributed by atoms with Crippen molar-refractivity contribution in [2.75, 3.05) is 0 Å². The summed E-state index contributed by atoms with van der Waals surface area (Å²) < 4.78 is -0.585. The first-order valence-electron chi connectivity index (χ1n) is 5.01. The summed E-state index contributed by atoms with van der Waals surface area (Å²) in [5.74, 6) is -2.05. The molecule has 0 radical (unpaired) electrons. The third kappa shape index (κ3) is 1.71. The van der Waals surface area contributed by atoms with Gasteiger partial charge in [0.05, 0.1) is 10.8 Å². The van der Waals surface area contributed by atoms with Gasteiger partial charge in [0, 0.05) is 4.92 Å². The SMILES string of the molecule is O=[N+]([O-])C(=C(Cl)Cl)[C@H]1C2C=CC(C2)[C@]1(Cl)[N+](=O)[O-]. The van der Waals surface area contributed by atoms with Crippen LogP contribution in [0, 0.1) is 38.0 Å². The number of hydrogen-bond acceptors (Lipinski definition) is 4. The van der Waals surface area contributed by atoms with Crippen molar-refractivity contribution in [1.82, 2.24) is 0 Å². The van der Waals surface area contributed by atoms with Crippen molar-refractivity contribution < 1.29 is 9.85 Å². The molecule has 18 heavy (non-hydrogen) atoms. The largest absolute Gasteiger partial charge is 0.314 e. The molecular formula is C9H7Cl3N2O4. The Bertz CT molecular complexity index is 488. The van der Waals surface area contributed by atoms with Gasteiger partial charge in [-0.1, -0.05) is 35.4 Å². The summed E-state index contributed by atoms with van der Waals surface area (Å²) in [6, 6.07) is 0. The van der Waals surface area contributed by atoms with E-state index >= 15 is 0 Å². The Morgan fingerprint density at radius 2 is 1.89 bits per heavy atom. The number of halogens is 3. The van der Waals surface area contributed by atoms with Crippen LogP contribution in [0.5, 0.6) is 0 Å². The molecule has 2 unspecified atom stereocenters. The minimum Gasteiger partial charge on any atom is -0.263 e. The number of allylic oxidation sites excluding steroid dienone is 1. The second-order valence-electron chi connectivity index (χ2n) is 4.26. The summed E-state index contributed by atoms with van der Waals surface area (Å²) in [5.41, 5.74) is -0.582. The van der Waals surface area contributed by atoms with Crippen LogP contribution < -0.4 is 0 Å². The Labute approximate surface area is 116 Å². The Balaban J connectivity index is 2.56. The van der Waals surface area contributed by atoms with Gasteiger partial charge in [-0.15, -0.1) is 0 Å². The fraction of sp³-hybridized carbons (Fsp3) is 0.556. The Morgan fingerprint density at radius 3 is 2.33 bits per heavy atom. The van der Waals surface area contributed by atoms with Crippen LogP contribution in [-0.4, -0.2) is 14.8 Å². The summed E-state index contributed by atoms with van der Waals surface area (Å²) in [7, 11) is 0. The van der Waals surface area contributed by atoms with Crippen LogP contribution in [0.3, 0.4) is 0 Å². The van der Waals surface area contributed by atoms with Gasteiger partial charge >= 0.3 is 5.00 Å². The molecule has 0 aromatic rings. The molecule has 0 spiro atoms. The van der Waals surface area contributed by atoms with E-state index in [1.54, 1.807) is 12.2 Å². The number of fused-ring (bicyclic) bond motifs is 2. The van der Waals surface area contributed by atoms with Gasteiger partial charge in [0.2, 0.25) is 0 Å². The van der Waals surface area contributed by atoms with Gasteiger partial charge in [0.15, 0.2) is 4.49 Å². The van der Waals surface area contributed by atoms with E-state index < -0.39 is 36.9 Å². The second-order valence-corrected chi connectivity index (χ2v) is 5.81. The molecule has 1 fully saturated rings. The highest BCUT2D eigenvalue weighted by Gasteiger charge is 2.69. The van der Waals surface area contributed by atoms with Crippen LogP contribution in [-0.2, 0) is 0 Å². The van der Waals surface area contributed by atoms with E-state index in [0.717, 1.165) is 0 Å². The normalized spacial score (nSPS) is 36.7. The van der Waals surface area contributed by atoms with Crippen molar-refractivity contribution in [3.8, 4) is 0 Å². The van der Waals surface area contributed by atoms with Gasteiger partial charge in [-0.2, -0.15) is 0 Å². The molecule has 2 aliphatic carbocycles. The maximum Gasteiger partial charge on any atom is 0.314 e. The monoisotopic (exact) mass is 312 g/mol. The van der Waals surface area contributed by atoms with E-state index in [9.17, 15) is 20.2 Å². The molecule has 4 atom stereocenters. The molecule has 0 aliphatic heterocycles. The Kier molecular flexibility index (Phi) is 3.29. The first-order chi connectivity index (χ1) is 8.30. The number of nitrogens with zero attached hydrogens (tertiary/aromatic N) is 2. The summed E-state index contributed by atoms with van der Waals surface area (Å²) in [4.78, 5) is 18.7. The lowest BCUT2D eigenvalue weighted by Crippen LogP contribution is -2.45. The molecule has 9 heteroatoms. The van der Waals surface area contributed by atoms with E-state index in [4.69, 9.17) is 34.8 Å². The predicted molar refractivity (Wildman–Crippen MR) is 65.5 cm³/mol. The van der Waals surface area contributed by atoms with Crippen molar-refractivity contribution in [3.05, 3.63) is 42.6 Å². The van der Waals surface area contributed by atoms with E-state index in [-0.39, 0.29) is 5.92 Å². The number of rotatable bonds is 3. The number of alkyl halides is 1. The van der Waals surface area contributed by atoms with Gasteiger partial charge in [0.25, 0.3) is 5.70 Å². The van der Waals surface area contributed by atoms with E-state index in [0.29, 0.717) is 6.42 Å². The van der Waals surface area contributed by atoms with Crippen LogP contribution in [0.25, 0.3) is 0 Å². The highest BCUT2D eigenvalue weighted by molar-refractivity contribution is 6.56. The summed E-state index contributed by atoms with van der Waals surface area (Å²) in [6.45, 7) is 0. The smallest absolute Gasteiger partial charge is 0.263 e. The zero-order chi connectivity index (χ0) is 13.7. The maximum atomic E-state index is 11.2. The average Bonchev–Trinajstić information content (AvgIpc) is 2.80. The summed E-state index contributed by atoms with van der Waals surface area (Å²) in [6.07, 6.45) is 3.71. The lowest BCUT2D eigenvalue weighted by atomic mass is 9.86. The Hall–Kier alpha value is -0.850. The van der Waals surface area contributed by atoms with E-state index in [1.807, 2.05) is 0 Å². The van der Waals surface area contributed by atoms with Crippen LogP contribution in [0.1, 0.15) is 6.42 Å². The zero-order valence-electron chi connectivity index (χ0n) is 8.76. The third-order valence-corrected chi connectivity index (χ3v) is 4.51. The molecule has 6 nitrogen and oxygen atoms in total. The van der Waals surface area contributed by atoms with Crippen molar-refractivity contribution in [1.29, 1.82) is 0 Å². The Morgan fingerprint density at radius 1 is 1.28 bits per heavy atom. The molecule has 2 bridgehead atoms. The molecule has 0 saturated heterocycles. The van der Waals surface area contributed by atoms with Crippen molar-refractivity contribution >= 4 is 34.8 Å². The molecule has 98 valence electrons. The standard InChI is InChI=1S/C9H7Cl3N2O4/c10-8(11)7(13(15)16)6-4-1-2-5(3-4)9(6,12)14(17)18/h1-2,4-6H,3H2/t4?,5?,6-,9+/m1/s1. The van der Waals surface area contributed by atoms with Gasteiger partial charge in [-0.05, 0) is 23.9 Å². The summed E-state index contributed by atoms with van der Waals surface area (Å²) >= 11 is 17.0. The van der Waals surface area contributed by atoms with Gasteiger partial charge in [0.1, 0.15) is 5.92 Å². The molecule has 2 aliphatic rings. The fourth-order valence-corrected chi connectivity index (χ4v) is 3.55. The van der Waals surface area contributed by atoms with E-state index in [1.165, 1.54) is 0 Å². The van der Waals surface area contributed by atoms with Crippen LogP contribution >= 0.6 is 34.8 Å². The van der Waals surface area contributed by atoms with Crippen LogP contribution in [0.4, 0.5) is 0 Å². The molecule has 2 rings (SSSR count). The van der Waals surface area contributed by atoms with Crippen LogP contribution in [0.2, 0.25) is 0 Å². The first-order valence-corrected chi connectivity index (χ1v) is 6.14. The average molecular weight is 314 g/mol. The highest BCUT2D eigenvalue weighted by Crippen LogP contribution is 2.57. The second kappa shape index (κ2) is 4.36. The van der Waals surface area contributed by atoms with Crippen LogP contribution in [0.15, 0.2) is 22.3 Å². The number of nitro groups is 2. The molecular weight excluding hydrogens is 306 g/mol. The minimum atomic E-state index is -1.95. The van der Waals surface area contributed by atoms with Gasteiger partial charge in [-0.25, -0.2) is 0 Å². The molecule has 1 saturated carbocycles. The van der Waals surface area contributed by atoms with Crippen molar-refractivity contribution in [2.24, 2.45) is 17.8 Å². The van der Waals surface area contributed by atoms with Gasteiger partial charge in [-0.3, -0.25) is 20.2 Å². The molecule has 0 amide bonds. The van der Waals surface area contributed by atoms with Crippen molar-refractivity contribution in [2.45, 2.75) is 11.4 Å². The fourth-order valence-electron chi connectivity index (χ4n) is 2.75. The molecule has 0 N–H and O–H groups in total. The van der Waals surface area contributed by atoms with Gasteiger partial charge < -0.3 is 0 Å². The summed E-state index contributed by atoms with van der Waals surface area (Å²) in [5, 5.41) is 22.2. The van der Waals surface area contributed by atoms with E-state index in [2.05, 4.69) is 0 Å². The third-order valence-electron chi connectivity index (χ3n) is 3.47. The molecule has 0 aromatic carbocycles. The topological polar surface area (TPSA) is 86.3 Å². The first kappa shape index (κ1) is 13.6. The number of hydrogen-bond donors (Lipinski definition) is 0. The lowest BCUT2D eigenvalue weighted by molar-refractivity contribution is -0.562. The quantitative estimate of drug-likeness (QED) is 0.263. The molecule has 0 aromatic heterocycles. The molecule has 0 heterocycles. The minimum absolute atomic E-state index is 0.384. The zero-order valence-corrected chi connectivity index (χ0v) is 11.0. The maximum absolute atomic E-state index is 11.2. The predicted octanol–water partition coefficient (Wildman–Crippen LogP) is 2.94.